The van der Waals surface area contributed by atoms with Gasteiger partial charge in [-0.25, -0.2) is 9.78 Å². The number of Topliss-reactive ketones (excluding diaryl/α,β-unsaturated/α-hetero) is 1. The third kappa shape index (κ3) is 3.93. The molecule has 170 valence electrons. The van der Waals surface area contributed by atoms with Crippen LogP contribution in [-0.4, -0.2) is 63.1 Å². The van der Waals surface area contributed by atoms with Gasteiger partial charge in [0, 0.05) is 38.9 Å². The molecule has 0 radical (unpaired) electrons. The lowest BCUT2D eigenvalue weighted by atomic mass is 10.2. The number of nitrogens with zero attached hydrogens (tertiary/aromatic N) is 5. The van der Waals surface area contributed by atoms with E-state index < -0.39 is 17.3 Å². The molecule has 0 unspecified atom stereocenters. The van der Waals surface area contributed by atoms with E-state index in [1.807, 2.05) is 12.1 Å². The molecule has 3 aromatic rings. The van der Waals surface area contributed by atoms with Crippen molar-refractivity contribution in [1.82, 2.24) is 24.0 Å². The number of hydrogen-bond acceptors (Lipinski definition) is 7. The summed E-state index contributed by atoms with van der Waals surface area (Å²) in [6.45, 7) is 7.01. The van der Waals surface area contributed by atoms with Crippen LogP contribution in [0.15, 0.2) is 33.9 Å². The van der Waals surface area contributed by atoms with E-state index in [1.54, 1.807) is 25.6 Å². The zero-order chi connectivity index (χ0) is 23.0. The van der Waals surface area contributed by atoms with E-state index in [1.165, 1.54) is 11.5 Å². The molecule has 1 aliphatic heterocycles. The van der Waals surface area contributed by atoms with Gasteiger partial charge in [0.15, 0.2) is 16.9 Å². The molecular weight excluding hydrogens is 412 g/mol. The summed E-state index contributed by atoms with van der Waals surface area (Å²) in [7, 11) is 3.22. The minimum absolute atomic E-state index is 0.0804. The molecule has 1 aliphatic rings. The van der Waals surface area contributed by atoms with E-state index in [-0.39, 0.29) is 11.3 Å². The van der Waals surface area contributed by atoms with Crippen molar-refractivity contribution in [1.29, 1.82) is 0 Å². The van der Waals surface area contributed by atoms with Crippen molar-refractivity contribution < 1.29 is 9.53 Å². The number of nitrogens with one attached hydrogen (secondary N) is 1. The molecule has 0 aliphatic carbocycles. The maximum atomic E-state index is 12.6. The Bertz CT molecular complexity index is 1250. The van der Waals surface area contributed by atoms with Gasteiger partial charge < -0.3 is 14.2 Å². The first-order chi connectivity index (χ1) is 15.3. The van der Waals surface area contributed by atoms with Crippen LogP contribution in [0.3, 0.4) is 0 Å². The number of methoxy groups -OCH3 is 1. The Hall–Kier alpha value is -3.40. The Morgan fingerprint density at radius 2 is 1.81 bits per heavy atom. The highest BCUT2D eigenvalue weighted by Crippen LogP contribution is 2.23. The second kappa shape index (κ2) is 8.62. The maximum absolute atomic E-state index is 12.6. The van der Waals surface area contributed by atoms with Crippen LogP contribution in [0.2, 0.25) is 0 Å². The van der Waals surface area contributed by atoms with E-state index in [2.05, 4.69) is 31.9 Å². The van der Waals surface area contributed by atoms with Crippen molar-refractivity contribution >= 4 is 22.6 Å². The number of ether oxygens (including phenoxy) is 1. The summed E-state index contributed by atoms with van der Waals surface area (Å²) in [6.07, 6.45) is 0. The largest absolute Gasteiger partial charge is 0.497 e. The Balaban J connectivity index is 1.59. The van der Waals surface area contributed by atoms with Crippen LogP contribution in [0, 0.1) is 0 Å². The summed E-state index contributed by atoms with van der Waals surface area (Å²) in [5.41, 5.74) is 0.631. The topological polar surface area (TPSA) is 105 Å². The van der Waals surface area contributed by atoms with Crippen LogP contribution in [0.25, 0.3) is 11.2 Å². The highest BCUT2D eigenvalue weighted by molar-refractivity contribution is 5.82. The second-order valence-corrected chi connectivity index (χ2v) is 8.14. The van der Waals surface area contributed by atoms with Crippen LogP contribution in [0.1, 0.15) is 25.7 Å². The maximum Gasteiger partial charge on any atom is 0.329 e. The molecule has 0 spiro atoms. The van der Waals surface area contributed by atoms with Crippen molar-refractivity contribution in [2.75, 3.05) is 38.2 Å². The number of aromatic nitrogens is 4. The molecule has 10 heteroatoms. The van der Waals surface area contributed by atoms with Gasteiger partial charge >= 0.3 is 5.69 Å². The number of ketones is 1. The summed E-state index contributed by atoms with van der Waals surface area (Å²) >= 11 is 0. The van der Waals surface area contributed by atoms with Gasteiger partial charge in [-0.05, 0) is 38.1 Å². The Morgan fingerprint density at radius 1 is 1.16 bits per heavy atom. The van der Waals surface area contributed by atoms with E-state index in [0.717, 1.165) is 37.6 Å². The summed E-state index contributed by atoms with van der Waals surface area (Å²) < 4.78 is 8.21. The highest BCUT2D eigenvalue weighted by Gasteiger charge is 2.26. The van der Waals surface area contributed by atoms with Crippen LogP contribution in [-0.2, 0) is 18.4 Å². The SMILES string of the molecule is COc1ccc(N2CCN(Cc3nc4c(c(=O)[nH]c(=O)n4C)n3[C@@H](C)C(C)=O)CC2)cc1. The van der Waals surface area contributed by atoms with Crippen molar-refractivity contribution in [3.05, 3.63) is 50.9 Å². The fraction of sp³-hybridized carbons (Fsp3) is 0.455. The molecule has 1 atom stereocenters. The highest BCUT2D eigenvalue weighted by atomic mass is 16.5. The Morgan fingerprint density at radius 3 is 2.41 bits per heavy atom. The van der Waals surface area contributed by atoms with Gasteiger partial charge in [0.05, 0.1) is 19.7 Å². The summed E-state index contributed by atoms with van der Waals surface area (Å²) in [6, 6.07) is 7.45. The van der Waals surface area contributed by atoms with Gasteiger partial charge in [-0.15, -0.1) is 0 Å². The lowest BCUT2D eigenvalue weighted by molar-refractivity contribution is -0.119. The van der Waals surface area contributed by atoms with E-state index in [4.69, 9.17) is 4.74 Å². The standard InChI is InChI=1S/C22H28N6O4/c1-14(15(2)29)28-18(23-20-19(28)21(30)24-22(31)25(20)3)13-26-9-11-27(12-10-26)16-5-7-17(32-4)8-6-16/h5-8,14H,9-13H2,1-4H3,(H,24,30,31)/t14-/m0/s1. The van der Waals surface area contributed by atoms with Gasteiger partial charge in [0.1, 0.15) is 11.6 Å². The molecule has 10 nitrogen and oxygen atoms in total. The third-order valence-corrected chi connectivity index (χ3v) is 6.17. The Labute approximate surface area is 185 Å². The van der Waals surface area contributed by atoms with Gasteiger partial charge in [-0.3, -0.25) is 24.0 Å². The predicted octanol–water partition coefficient (Wildman–Crippen LogP) is 0.904. The summed E-state index contributed by atoms with van der Waals surface area (Å²) in [4.78, 5) is 48.3. The van der Waals surface area contributed by atoms with Crippen LogP contribution in [0.4, 0.5) is 5.69 Å². The molecule has 1 fully saturated rings. The first-order valence-corrected chi connectivity index (χ1v) is 10.6. The molecule has 0 bridgehead atoms. The molecule has 1 N–H and O–H groups in total. The lowest BCUT2D eigenvalue weighted by Crippen LogP contribution is -2.46. The number of imidazole rings is 1. The monoisotopic (exact) mass is 440 g/mol. The molecule has 4 rings (SSSR count). The number of fused-ring (bicyclic) bond motifs is 1. The number of aryl methyl sites for hydroxylation is 1. The number of hydrogen-bond donors (Lipinski definition) is 1. The number of carbonyl (C=O) groups is 1. The fourth-order valence-electron chi connectivity index (χ4n) is 4.11. The van der Waals surface area contributed by atoms with Gasteiger partial charge in [0.2, 0.25) is 0 Å². The molecule has 2 aromatic heterocycles. The zero-order valence-corrected chi connectivity index (χ0v) is 18.8. The van der Waals surface area contributed by atoms with Crippen molar-refractivity contribution in [3.63, 3.8) is 0 Å². The number of benzene rings is 1. The minimum atomic E-state index is -0.561. The first-order valence-electron chi connectivity index (χ1n) is 10.6. The van der Waals surface area contributed by atoms with Gasteiger partial charge in [0.25, 0.3) is 5.56 Å². The van der Waals surface area contributed by atoms with E-state index >= 15 is 0 Å². The number of carbonyl (C=O) groups excluding carboxylic acids is 1. The van der Waals surface area contributed by atoms with Gasteiger partial charge in [-0.1, -0.05) is 0 Å². The summed E-state index contributed by atoms with van der Waals surface area (Å²) in [5, 5.41) is 0. The first kappa shape index (κ1) is 21.8. The fourth-order valence-corrected chi connectivity index (χ4v) is 4.11. The van der Waals surface area contributed by atoms with Crippen LogP contribution < -0.4 is 20.9 Å². The average molecular weight is 441 g/mol. The van der Waals surface area contributed by atoms with Crippen LogP contribution in [0.5, 0.6) is 5.75 Å². The molecular formula is C22H28N6O4. The molecule has 1 aromatic carbocycles. The normalized spacial score (nSPS) is 15.8. The molecule has 1 saturated heterocycles. The van der Waals surface area contributed by atoms with Crippen molar-refractivity contribution in [2.24, 2.45) is 7.05 Å². The second-order valence-electron chi connectivity index (χ2n) is 8.14. The molecule has 32 heavy (non-hydrogen) atoms. The van der Waals surface area contributed by atoms with Gasteiger partial charge in [-0.2, -0.15) is 0 Å². The smallest absolute Gasteiger partial charge is 0.329 e. The summed E-state index contributed by atoms with van der Waals surface area (Å²) in [5.74, 6) is 1.35. The van der Waals surface area contributed by atoms with Crippen LogP contribution >= 0.6 is 0 Å². The Kier molecular flexibility index (Phi) is 5.88. The number of anilines is 1. The third-order valence-electron chi connectivity index (χ3n) is 6.17. The quantitative estimate of drug-likeness (QED) is 0.607. The molecule has 0 amide bonds. The number of rotatable bonds is 6. The van der Waals surface area contributed by atoms with E-state index in [0.29, 0.717) is 18.0 Å². The van der Waals surface area contributed by atoms with E-state index in [9.17, 15) is 14.4 Å². The molecule has 3 heterocycles. The number of H-pyrrole nitrogens is 1. The van der Waals surface area contributed by atoms with Crippen molar-refractivity contribution in [2.45, 2.75) is 26.4 Å². The minimum Gasteiger partial charge on any atom is -0.497 e. The average Bonchev–Trinajstić information content (AvgIpc) is 3.17. The number of piperazine rings is 1. The zero-order valence-electron chi connectivity index (χ0n) is 18.8. The number of aromatic amines is 1. The predicted molar refractivity (Wildman–Crippen MR) is 121 cm³/mol. The van der Waals surface area contributed by atoms with Crippen molar-refractivity contribution in [3.8, 4) is 5.75 Å². The lowest BCUT2D eigenvalue weighted by Gasteiger charge is -2.36. The molecule has 0 saturated carbocycles.